The minimum atomic E-state index is -0.300. The largest absolute Gasteiger partial charge is 0.463 e. The Morgan fingerprint density at radius 3 is 2.56 bits per heavy atom. The standard InChI is InChI=1S/C25H42O7/c1-18(2)30-24(28)13-9-7-5-4-6-8-12-20-21(17-26)23(16-22(20)31-19(3)27)32-25-14-10-11-15-29-25/h6,8,18,20-23,25-26H,4-5,7,9-17H2,1-3H3/b8-6-/t20-,21-,22+,23-,25?/m1/s1. The first kappa shape index (κ1) is 26.8. The fraction of sp³-hybridized carbons (Fsp3) is 0.840. The van der Waals surface area contributed by atoms with Crippen LogP contribution in [0, 0.1) is 11.8 Å². The number of aliphatic hydroxyl groups excluding tert-OH is 1. The number of hydrogen-bond donors (Lipinski definition) is 1. The summed E-state index contributed by atoms with van der Waals surface area (Å²) in [6, 6.07) is 0. The van der Waals surface area contributed by atoms with Gasteiger partial charge in [-0.15, -0.1) is 0 Å². The second kappa shape index (κ2) is 14.7. The van der Waals surface area contributed by atoms with Gasteiger partial charge in [0.2, 0.25) is 0 Å². The summed E-state index contributed by atoms with van der Waals surface area (Å²) in [5, 5.41) is 10.1. The lowest BCUT2D eigenvalue weighted by Crippen LogP contribution is -2.33. The Kier molecular flexibility index (Phi) is 12.3. The van der Waals surface area contributed by atoms with Crippen LogP contribution in [0.1, 0.15) is 85.0 Å². The Morgan fingerprint density at radius 1 is 1.09 bits per heavy atom. The smallest absolute Gasteiger partial charge is 0.306 e. The molecule has 0 bridgehead atoms. The predicted molar refractivity (Wildman–Crippen MR) is 121 cm³/mol. The van der Waals surface area contributed by atoms with Gasteiger partial charge in [0.1, 0.15) is 6.10 Å². The lowest BCUT2D eigenvalue weighted by atomic mass is 9.91. The molecule has 1 saturated carbocycles. The van der Waals surface area contributed by atoms with Gasteiger partial charge in [-0.2, -0.15) is 0 Å². The number of rotatable bonds is 13. The third kappa shape index (κ3) is 9.59. The Bertz CT molecular complexity index is 583. The van der Waals surface area contributed by atoms with Crippen LogP contribution in [0.15, 0.2) is 12.2 Å². The van der Waals surface area contributed by atoms with Crippen LogP contribution in [0.4, 0.5) is 0 Å². The average Bonchev–Trinajstić information content (AvgIpc) is 3.05. The zero-order chi connectivity index (χ0) is 23.3. The first-order chi connectivity index (χ1) is 15.4. The molecular weight excluding hydrogens is 412 g/mol. The lowest BCUT2D eigenvalue weighted by molar-refractivity contribution is -0.198. The summed E-state index contributed by atoms with van der Waals surface area (Å²) < 4.78 is 22.6. The molecule has 0 amide bonds. The van der Waals surface area contributed by atoms with Gasteiger partial charge >= 0.3 is 11.9 Å². The monoisotopic (exact) mass is 454 g/mol. The second-order valence-corrected chi connectivity index (χ2v) is 9.21. The van der Waals surface area contributed by atoms with E-state index >= 15 is 0 Å². The molecule has 1 unspecified atom stereocenters. The molecule has 0 aromatic carbocycles. The predicted octanol–water partition coefficient (Wildman–Crippen LogP) is 4.31. The van der Waals surface area contributed by atoms with E-state index < -0.39 is 0 Å². The summed E-state index contributed by atoms with van der Waals surface area (Å²) in [7, 11) is 0. The highest BCUT2D eigenvalue weighted by molar-refractivity contribution is 5.69. The molecule has 1 aliphatic carbocycles. The van der Waals surface area contributed by atoms with Gasteiger partial charge in [-0.05, 0) is 58.8 Å². The van der Waals surface area contributed by atoms with Gasteiger partial charge < -0.3 is 24.1 Å². The molecule has 1 saturated heterocycles. The molecule has 184 valence electrons. The second-order valence-electron chi connectivity index (χ2n) is 9.21. The fourth-order valence-electron chi connectivity index (χ4n) is 4.63. The number of carbonyl (C=O) groups is 2. The molecule has 7 nitrogen and oxygen atoms in total. The van der Waals surface area contributed by atoms with Crippen LogP contribution in [0.2, 0.25) is 0 Å². The van der Waals surface area contributed by atoms with Gasteiger partial charge in [-0.25, -0.2) is 0 Å². The lowest BCUT2D eigenvalue weighted by Gasteiger charge is -2.29. The molecule has 0 radical (unpaired) electrons. The van der Waals surface area contributed by atoms with Crippen molar-refractivity contribution in [2.45, 2.75) is 110 Å². The molecule has 0 spiro atoms. The Hall–Kier alpha value is -1.44. The average molecular weight is 455 g/mol. The van der Waals surface area contributed by atoms with E-state index in [2.05, 4.69) is 12.2 Å². The molecule has 0 aromatic rings. The van der Waals surface area contributed by atoms with Crippen molar-refractivity contribution in [1.82, 2.24) is 0 Å². The number of unbranched alkanes of at least 4 members (excludes halogenated alkanes) is 3. The number of carbonyl (C=O) groups excluding carboxylic acids is 2. The van der Waals surface area contributed by atoms with Crippen LogP contribution in [-0.4, -0.2) is 54.9 Å². The topological polar surface area (TPSA) is 91.3 Å². The maximum atomic E-state index is 11.6. The summed E-state index contributed by atoms with van der Waals surface area (Å²) >= 11 is 0. The number of hydrogen-bond acceptors (Lipinski definition) is 7. The molecule has 1 heterocycles. The van der Waals surface area contributed by atoms with E-state index in [9.17, 15) is 14.7 Å². The summed E-state index contributed by atoms with van der Waals surface area (Å²) in [5.74, 6) is -0.481. The van der Waals surface area contributed by atoms with E-state index in [1.54, 1.807) is 0 Å². The van der Waals surface area contributed by atoms with Crippen molar-refractivity contribution in [2.75, 3.05) is 13.2 Å². The molecule has 2 rings (SSSR count). The zero-order valence-electron chi connectivity index (χ0n) is 20.0. The number of esters is 2. The van der Waals surface area contributed by atoms with E-state index in [1.165, 1.54) is 6.92 Å². The maximum absolute atomic E-state index is 11.6. The molecule has 1 N–H and O–H groups in total. The highest BCUT2D eigenvalue weighted by atomic mass is 16.7. The van der Waals surface area contributed by atoms with E-state index in [0.717, 1.165) is 51.4 Å². The van der Waals surface area contributed by atoms with Crippen molar-refractivity contribution in [1.29, 1.82) is 0 Å². The minimum Gasteiger partial charge on any atom is -0.463 e. The molecule has 32 heavy (non-hydrogen) atoms. The van der Waals surface area contributed by atoms with Gasteiger partial charge in [0.15, 0.2) is 6.29 Å². The van der Waals surface area contributed by atoms with Crippen molar-refractivity contribution < 1.29 is 33.6 Å². The van der Waals surface area contributed by atoms with E-state index in [4.69, 9.17) is 18.9 Å². The number of allylic oxidation sites excluding steroid dienone is 2. The highest BCUT2D eigenvalue weighted by Crippen LogP contribution is 2.40. The molecule has 1 aliphatic heterocycles. The summed E-state index contributed by atoms with van der Waals surface area (Å²) in [5.41, 5.74) is 0. The molecule has 2 fully saturated rings. The first-order valence-corrected chi connectivity index (χ1v) is 12.3. The van der Waals surface area contributed by atoms with E-state index in [-0.39, 0.29) is 55.0 Å². The quantitative estimate of drug-likeness (QED) is 0.252. The Balaban J connectivity index is 1.77. The van der Waals surface area contributed by atoms with Crippen LogP contribution in [0.3, 0.4) is 0 Å². The van der Waals surface area contributed by atoms with Crippen LogP contribution >= 0.6 is 0 Å². The van der Waals surface area contributed by atoms with Gasteiger partial charge in [-0.1, -0.05) is 18.6 Å². The fourth-order valence-corrected chi connectivity index (χ4v) is 4.63. The minimum absolute atomic E-state index is 0.000134. The molecule has 5 atom stereocenters. The van der Waals surface area contributed by atoms with Crippen molar-refractivity contribution >= 4 is 11.9 Å². The summed E-state index contributed by atoms with van der Waals surface area (Å²) in [4.78, 5) is 23.2. The van der Waals surface area contributed by atoms with E-state index in [0.29, 0.717) is 19.4 Å². The van der Waals surface area contributed by atoms with Crippen molar-refractivity contribution in [3.05, 3.63) is 12.2 Å². The van der Waals surface area contributed by atoms with Crippen molar-refractivity contribution in [2.24, 2.45) is 11.8 Å². The summed E-state index contributed by atoms with van der Waals surface area (Å²) in [6.45, 7) is 5.85. The van der Waals surface area contributed by atoms with Crippen LogP contribution in [0.5, 0.6) is 0 Å². The maximum Gasteiger partial charge on any atom is 0.306 e. The Morgan fingerprint density at radius 2 is 1.91 bits per heavy atom. The van der Waals surface area contributed by atoms with Gasteiger partial charge in [-0.3, -0.25) is 9.59 Å². The van der Waals surface area contributed by atoms with Gasteiger partial charge in [0.25, 0.3) is 0 Å². The normalized spacial score (nSPS) is 28.3. The number of aliphatic hydroxyl groups is 1. The van der Waals surface area contributed by atoms with Crippen LogP contribution < -0.4 is 0 Å². The Labute approximate surface area is 192 Å². The van der Waals surface area contributed by atoms with Crippen LogP contribution in [-0.2, 0) is 28.5 Å². The first-order valence-electron chi connectivity index (χ1n) is 12.3. The molecule has 7 heteroatoms. The molecule has 2 aliphatic rings. The van der Waals surface area contributed by atoms with Gasteiger partial charge in [0, 0.05) is 44.8 Å². The van der Waals surface area contributed by atoms with Crippen molar-refractivity contribution in [3.63, 3.8) is 0 Å². The van der Waals surface area contributed by atoms with Gasteiger partial charge in [0.05, 0.1) is 12.2 Å². The molecular formula is C25H42O7. The third-order valence-electron chi connectivity index (χ3n) is 6.16. The SMILES string of the molecule is CC(=O)O[C@H]1C[C@@H](OC2CCCCO2)[C@H](CO)[C@H]1C/C=C\CCCCCC(=O)OC(C)C. The third-order valence-corrected chi connectivity index (χ3v) is 6.16. The molecule has 0 aromatic heterocycles. The highest BCUT2D eigenvalue weighted by Gasteiger charge is 2.45. The summed E-state index contributed by atoms with van der Waals surface area (Å²) in [6.07, 6.45) is 12.1. The van der Waals surface area contributed by atoms with Crippen molar-refractivity contribution in [3.8, 4) is 0 Å². The zero-order valence-corrected chi connectivity index (χ0v) is 20.0. The number of ether oxygens (including phenoxy) is 4. The van der Waals surface area contributed by atoms with Crippen LogP contribution in [0.25, 0.3) is 0 Å². The van der Waals surface area contributed by atoms with E-state index in [1.807, 2.05) is 13.8 Å².